The van der Waals surface area contributed by atoms with Gasteiger partial charge in [-0.05, 0) is 63.3 Å². The highest BCUT2D eigenvalue weighted by Crippen LogP contribution is 2.34. The van der Waals surface area contributed by atoms with Gasteiger partial charge >= 0.3 is 0 Å². The number of rotatable bonds is 10. The Hall–Kier alpha value is -2.04. The van der Waals surface area contributed by atoms with Crippen LogP contribution in [0.1, 0.15) is 50.2 Å². The minimum atomic E-state index is -0.287. The molecule has 156 valence electrons. The van der Waals surface area contributed by atoms with Gasteiger partial charge in [0.05, 0.1) is 6.61 Å². The molecule has 3 nitrogen and oxygen atoms in total. The second-order valence-corrected chi connectivity index (χ2v) is 7.65. The van der Waals surface area contributed by atoms with Gasteiger partial charge in [0.25, 0.3) is 0 Å². The zero-order valence-electron chi connectivity index (χ0n) is 17.0. The highest BCUT2D eigenvalue weighted by atomic mass is 35.5. The van der Waals surface area contributed by atoms with Crippen molar-refractivity contribution >= 4 is 11.6 Å². The van der Waals surface area contributed by atoms with E-state index in [-0.39, 0.29) is 12.4 Å². The SMILES string of the molecule is CCOc1cc(CNCCC2=CCCCC2)c(Cl)cc1OCc1ccccc1F. The monoisotopic (exact) mass is 417 g/mol. The lowest BCUT2D eigenvalue weighted by Crippen LogP contribution is -2.16. The third kappa shape index (κ3) is 6.48. The second kappa shape index (κ2) is 11.2. The van der Waals surface area contributed by atoms with E-state index < -0.39 is 0 Å². The van der Waals surface area contributed by atoms with Crippen molar-refractivity contribution in [2.24, 2.45) is 0 Å². The van der Waals surface area contributed by atoms with Crippen LogP contribution < -0.4 is 14.8 Å². The Bertz CT molecular complexity index is 838. The minimum Gasteiger partial charge on any atom is -0.490 e. The molecular formula is C24H29ClFNO2. The maximum atomic E-state index is 13.8. The van der Waals surface area contributed by atoms with Crippen LogP contribution in [0.25, 0.3) is 0 Å². The van der Waals surface area contributed by atoms with Gasteiger partial charge in [-0.25, -0.2) is 4.39 Å². The summed E-state index contributed by atoms with van der Waals surface area (Å²) in [7, 11) is 0. The maximum Gasteiger partial charge on any atom is 0.163 e. The highest BCUT2D eigenvalue weighted by Gasteiger charge is 2.13. The molecule has 29 heavy (non-hydrogen) atoms. The summed E-state index contributed by atoms with van der Waals surface area (Å²) >= 11 is 6.48. The van der Waals surface area contributed by atoms with Gasteiger partial charge in [-0.2, -0.15) is 0 Å². The highest BCUT2D eigenvalue weighted by molar-refractivity contribution is 6.31. The number of halogens is 2. The Balaban J connectivity index is 1.60. The van der Waals surface area contributed by atoms with Crippen molar-refractivity contribution < 1.29 is 13.9 Å². The summed E-state index contributed by atoms with van der Waals surface area (Å²) in [5.41, 5.74) is 3.02. The van der Waals surface area contributed by atoms with Crippen molar-refractivity contribution in [2.45, 2.75) is 52.2 Å². The van der Waals surface area contributed by atoms with E-state index in [0.717, 1.165) is 18.5 Å². The van der Waals surface area contributed by atoms with Crippen molar-refractivity contribution in [3.8, 4) is 11.5 Å². The van der Waals surface area contributed by atoms with Crippen molar-refractivity contribution in [2.75, 3.05) is 13.2 Å². The van der Waals surface area contributed by atoms with Gasteiger partial charge < -0.3 is 14.8 Å². The molecule has 0 saturated carbocycles. The van der Waals surface area contributed by atoms with Crippen LogP contribution in [0.15, 0.2) is 48.0 Å². The van der Waals surface area contributed by atoms with E-state index in [2.05, 4.69) is 11.4 Å². The van der Waals surface area contributed by atoms with E-state index in [4.69, 9.17) is 21.1 Å². The maximum absolute atomic E-state index is 13.8. The molecule has 5 heteroatoms. The van der Waals surface area contributed by atoms with Crippen LogP contribution in [0.5, 0.6) is 11.5 Å². The second-order valence-electron chi connectivity index (χ2n) is 7.24. The molecular weight excluding hydrogens is 389 g/mol. The fraction of sp³-hybridized carbons (Fsp3) is 0.417. The molecule has 1 aliphatic rings. The van der Waals surface area contributed by atoms with Gasteiger partial charge in [0.15, 0.2) is 11.5 Å². The van der Waals surface area contributed by atoms with Crippen LogP contribution >= 0.6 is 11.6 Å². The molecule has 3 rings (SSSR count). The summed E-state index contributed by atoms with van der Waals surface area (Å²) in [6.45, 7) is 4.15. The molecule has 0 aliphatic heterocycles. The molecule has 0 amide bonds. The average molecular weight is 418 g/mol. The van der Waals surface area contributed by atoms with E-state index in [9.17, 15) is 4.39 Å². The van der Waals surface area contributed by atoms with Gasteiger partial charge in [-0.1, -0.05) is 41.4 Å². The van der Waals surface area contributed by atoms with Crippen LogP contribution in [0.4, 0.5) is 4.39 Å². The number of allylic oxidation sites excluding steroid dienone is 1. The van der Waals surface area contributed by atoms with Gasteiger partial charge in [-0.15, -0.1) is 0 Å². The standard InChI is InChI=1S/C24H29ClFNO2/c1-2-28-23-14-20(16-27-13-12-18-8-4-3-5-9-18)21(25)15-24(23)29-17-19-10-6-7-11-22(19)26/h6-8,10-11,14-15,27H,2-5,9,12-13,16-17H2,1H3. The molecule has 0 radical (unpaired) electrons. The molecule has 0 aromatic heterocycles. The smallest absolute Gasteiger partial charge is 0.163 e. The van der Waals surface area contributed by atoms with Gasteiger partial charge in [0.2, 0.25) is 0 Å². The lowest BCUT2D eigenvalue weighted by atomic mass is 9.97. The van der Waals surface area contributed by atoms with Crippen LogP contribution in [-0.2, 0) is 13.2 Å². The first kappa shape index (κ1) is 21.7. The number of ether oxygens (including phenoxy) is 2. The first-order valence-electron chi connectivity index (χ1n) is 10.4. The number of hydrogen-bond acceptors (Lipinski definition) is 3. The normalized spacial score (nSPS) is 13.8. The summed E-state index contributed by atoms with van der Waals surface area (Å²) in [4.78, 5) is 0. The van der Waals surface area contributed by atoms with E-state index in [1.807, 2.05) is 13.0 Å². The van der Waals surface area contributed by atoms with E-state index in [0.29, 0.717) is 35.2 Å². The third-order valence-electron chi connectivity index (χ3n) is 5.08. The molecule has 1 aliphatic carbocycles. The fourth-order valence-electron chi connectivity index (χ4n) is 3.47. The summed E-state index contributed by atoms with van der Waals surface area (Å²) in [5, 5.41) is 4.09. The molecule has 0 spiro atoms. The Morgan fingerprint density at radius 2 is 1.90 bits per heavy atom. The number of hydrogen-bond donors (Lipinski definition) is 1. The van der Waals surface area contributed by atoms with Crippen molar-refractivity contribution in [1.82, 2.24) is 5.32 Å². The Labute approximate surface area is 177 Å². The summed E-state index contributed by atoms with van der Waals surface area (Å²) in [6.07, 6.45) is 8.53. The predicted octanol–water partition coefficient (Wildman–Crippen LogP) is 6.44. The summed E-state index contributed by atoms with van der Waals surface area (Å²) < 4.78 is 25.4. The van der Waals surface area contributed by atoms with E-state index >= 15 is 0 Å². The first-order chi connectivity index (χ1) is 14.2. The molecule has 0 saturated heterocycles. The zero-order valence-corrected chi connectivity index (χ0v) is 17.7. The molecule has 0 unspecified atom stereocenters. The lowest BCUT2D eigenvalue weighted by Gasteiger charge is -2.16. The van der Waals surface area contributed by atoms with Crippen LogP contribution in [-0.4, -0.2) is 13.2 Å². The molecule has 2 aromatic carbocycles. The molecule has 2 aromatic rings. The van der Waals surface area contributed by atoms with Crippen molar-refractivity contribution in [3.05, 3.63) is 70.0 Å². The molecule has 0 heterocycles. The Morgan fingerprint density at radius 3 is 2.66 bits per heavy atom. The Kier molecular flexibility index (Phi) is 8.38. The lowest BCUT2D eigenvalue weighted by molar-refractivity contribution is 0.265. The Morgan fingerprint density at radius 1 is 1.07 bits per heavy atom. The predicted molar refractivity (Wildman–Crippen MR) is 116 cm³/mol. The zero-order chi connectivity index (χ0) is 20.5. The third-order valence-corrected chi connectivity index (χ3v) is 5.43. The van der Waals surface area contributed by atoms with Gasteiger partial charge in [0.1, 0.15) is 12.4 Å². The van der Waals surface area contributed by atoms with Gasteiger partial charge in [-0.3, -0.25) is 0 Å². The van der Waals surface area contributed by atoms with Crippen molar-refractivity contribution in [3.63, 3.8) is 0 Å². The largest absolute Gasteiger partial charge is 0.490 e. The van der Waals surface area contributed by atoms with E-state index in [1.165, 1.54) is 31.7 Å². The summed E-state index contributed by atoms with van der Waals surface area (Å²) in [5.74, 6) is 0.863. The fourth-order valence-corrected chi connectivity index (χ4v) is 3.69. The minimum absolute atomic E-state index is 0.121. The van der Waals surface area contributed by atoms with Crippen LogP contribution in [0.2, 0.25) is 5.02 Å². The number of benzene rings is 2. The molecule has 0 fully saturated rings. The number of nitrogens with one attached hydrogen (secondary N) is 1. The molecule has 1 N–H and O–H groups in total. The van der Waals surface area contributed by atoms with Crippen molar-refractivity contribution in [1.29, 1.82) is 0 Å². The quantitative estimate of drug-likeness (QED) is 0.356. The topological polar surface area (TPSA) is 30.5 Å². The molecule has 0 atom stereocenters. The first-order valence-corrected chi connectivity index (χ1v) is 10.7. The summed E-state index contributed by atoms with van der Waals surface area (Å²) in [6, 6.07) is 10.2. The van der Waals surface area contributed by atoms with Crippen LogP contribution in [0, 0.1) is 5.82 Å². The van der Waals surface area contributed by atoms with E-state index in [1.54, 1.807) is 29.8 Å². The van der Waals surface area contributed by atoms with Crippen LogP contribution in [0.3, 0.4) is 0 Å². The molecule has 0 bridgehead atoms. The average Bonchev–Trinajstić information content (AvgIpc) is 2.74. The van der Waals surface area contributed by atoms with Gasteiger partial charge in [0, 0.05) is 23.2 Å².